The maximum atomic E-state index is 12.3. The van der Waals surface area contributed by atoms with Gasteiger partial charge in [0.15, 0.2) is 0 Å². The highest BCUT2D eigenvalue weighted by molar-refractivity contribution is 6.17. The molecular weight excluding hydrogens is 184 g/mol. The minimum Gasteiger partial charge on any atom is -0.261 e. The van der Waals surface area contributed by atoms with E-state index in [-0.39, 0.29) is 11.4 Å². The van der Waals surface area contributed by atoms with Crippen LogP contribution in [0.1, 0.15) is 23.2 Å². The lowest BCUT2D eigenvalue weighted by atomic mass is 10.1. The Kier molecular flexibility index (Phi) is 2.98. The maximum Gasteiger partial charge on any atom is 0.264 e. The second-order valence-corrected chi connectivity index (χ2v) is 2.73. The Morgan fingerprint density at radius 1 is 1.58 bits per heavy atom. The summed E-state index contributed by atoms with van der Waals surface area (Å²) in [6.07, 6.45) is -1.08. The predicted octanol–water partition coefficient (Wildman–Crippen LogP) is 3.07. The quantitative estimate of drug-likeness (QED) is 0.655. The number of halogens is 3. The third kappa shape index (κ3) is 1.91. The van der Waals surface area contributed by atoms with Crippen molar-refractivity contribution in [3.05, 3.63) is 29.1 Å². The third-order valence-corrected chi connectivity index (χ3v) is 1.83. The van der Waals surface area contributed by atoms with Gasteiger partial charge in [-0.05, 0) is 18.6 Å². The number of hydrogen-bond acceptors (Lipinski definition) is 1. The summed E-state index contributed by atoms with van der Waals surface area (Å²) in [5.41, 5.74) is 0.967. The van der Waals surface area contributed by atoms with E-state index >= 15 is 0 Å². The molecule has 0 saturated carbocycles. The normalized spacial score (nSPS) is 10.8. The molecule has 12 heavy (non-hydrogen) atoms. The van der Waals surface area contributed by atoms with E-state index in [1.165, 1.54) is 12.3 Å². The first-order valence-corrected chi connectivity index (χ1v) is 3.98. The fourth-order valence-electron chi connectivity index (χ4n) is 0.924. The number of hydrogen-bond donors (Lipinski definition) is 0. The van der Waals surface area contributed by atoms with Crippen LogP contribution in [-0.2, 0) is 5.88 Å². The van der Waals surface area contributed by atoms with E-state index in [0.717, 1.165) is 0 Å². The van der Waals surface area contributed by atoms with Gasteiger partial charge in [0, 0.05) is 23.3 Å². The molecule has 0 aromatic carbocycles. The Balaban J connectivity index is 3.12. The van der Waals surface area contributed by atoms with Crippen molar-refractivity contribution >= 4 is 11.6 Å². The minimum atomic E-state index is -2.47. The van der Waals surface area contributed by atoms with Crippen LogP contribution >= 0.6 is 11.6 Å². The van der Waals surface area contributed by atoms with Gasteiger partial charge >= 0.3 is 0 Å². The highest BCUT2D eigenvalue weighted by Gasteiger charge is 2.12. The fraction of sp³-hybridized carbons (Fsp3) is 0.375. The van der Waals surface area contributed by atoms with Gasteiger partial charge in [-0.3, -0.25) is 4.98 Å². The average molecular weight is 192 g/mol. The molecule has 0 radical (unpaired) electrons. The van der Waals surface area contributed by atoms with Gasteiger partial charge in [0.1, 0.15) is 0 Å². The summed E-state index contributed by atoms with van der Waals surface area (Å²) in [6, 6.07) is 1.36. The van der Waals surface area contributed by atoms with E-state index in [2.05, 4.69) is 4.98 Å². The summed E-state index contributed by atoms with van der Waals surface area (Å²) in [5.74, 6) is 0.0763. The molecule has 0 aliphatic rings. The van der Waals surface area contributed by atoms with Gasteiger partial charge in [0.2, 0.25) is 0 Å². The lowest BCUT2D eigenvalue weighted by Crippen LogP contribution is -1.95. The van der Waals surface area contributed by atoms with Gasteiger partial charge in [0.25, 0.3) is 6.43 Å². The smallest absolute Gasteiger partial charge is 0.261 e. The average Bonchev–Trinajstić information content (AvgIpc) is 2.04. The molecule has 4 heteroatoms. The van der Waals surface area contributed by atoms with E-state index < -0.39 is 6.43 Å². The van der Waals surface area contributed by atoms with E-state index in [1.54, 1.807) is 6.92 Å². The van der Waals surface area contributed by atoms with Crippen LogP contribution in [-0.4, -0.2) is 4.98 Å². The van der Waals surface area contributed by atoms with Crippen molar-refractivity contribution in [1.29, 1.82) is 0 Å². The molecular formula is C8H8ClF2N. The molecule has 0 unspecified atom stereocenters. The van der Waals surface area contributed by atoms with Crippen molar-refractivity contribution < 1.29 is 8.78 Å². The van der Waals surface area contributed by atoms with Crippen LogP contribution in [0, 0.1) is 6.92 Å². The molecule has 0 atom stereocenters. The molecule has 1 heterocycles. The first kappa shape index (κ1) is 9.39. The van der Waals surface area contributed by atoms with Gasteiger partial charge in [-0.15, -0.1) is 11.6 Å². The van der Waals surface area contributed by atoms with E-state index in [4.69, 9.17) is 11.6 Å². The van der Waals surface area contributed by atoms with Crippen LogP contribution in [0.5, 0.6) is 0 Å². The van der Waals surface area contributed by atoms with Crippen LogP contribution in [0.25, 0.3) is 0 Å². The molecule has 0 aliphatic carbocycles. The first-order chi connectivity index (χ1) is 5.65. The zero-order valence-electron chi connectivity index (χ0n) is 6.52. The third-order valence-electron chi connectivity index (χ3n) is 1.54. The van der Waals surface area contributed by atoms with Gasteiger partial charge < -0.3 is 0 Å². The molecule has 66 valence electrons. The van der Waals surface area contributed by atoms with Crippen LogP contribution in [0.2, 0.25) is 0 Å². The van der Waals surface area contributed by atoms with Crippen molar-refractivity contribution in [2.24, 2.45) is 0 Å². The van der Waals surface area contributed by atoms with Gasteiger partial charge in [-0.25, -0.2) is 8.78 Å². The zero-order chi connectivity index (χ0) is 9.14. The fourth-order valence-corrected chi connectivity index (χ4v) is 1.15. The number of alkyl halides is 3. The molecule has 1 aromatic heterocycles. The molecule has 0 fully saturated rings. The lowest BCUT2D eigenvalue weighted by Gasteiger charge is -2.05. The molecule has 1 rings (SSSR count). The first-order valence-electron chi connectivity index (χ1n) is 3.44. The Morgan fingerprint density at radius 3 is 2.75 bits per heavy atom. The Hall–Kier alpha value is -0.700. The summed E-state index contributed by atoms with van der Waals surface area (Å²) >= 11 is 5.46. The minimum absolute atomic E-state index is 0.0162. The Bertz CT molecular complexity index is 276. The van der Waals surface area contributed by atoms with Gasteiger partial charge in [0.05, 0.1) is 0 Å². The summed E-state index contributed by atoms with van der Waals surface area (Å²) in [4.78, 5) is 3.88. The number of nitrogens with zero attached hydrogens (tertiary/aromatic N) is 1. The molecule has 0 amide bonds. The van der Waals surface area contributed by atoms with E-state index in [9.17, 15) is 8.78 Å². The van der Waals surface area contributed by atoms with Crippen LogP contribution in [0.15, 0.2) is 12.3 Å². The van der Waals surface area contributed by atoms with Crippen LogP contribution in [0.4, 0.5) is 8.78 Å². The monoisotopic (exact) mass is 191 g/mol. The number of aryl methyl sites for hydroxylation is 1. The second kappa shape index (κ2) is 3.81. The topological polar surface area (TPSA) is 12.9 Å². The SMILES string of the molecule is Cc1cc(C(F)F)c(CCl)cn1. The van der Waals surface area contributed by atoms with Crippen LogP contribution < -0.4 is 0 Å². The number of aromatic nitrogens is 1. The maximum absolute atomic E-state index is 12.3. The highest BCUT2D eigenvalue weighted by Crippen LogP contribution is 2.23. The Morgan fingerprint density at radius 2 is 2.25 bits per heavy atom. The standard InChI is InChI=1S/C8H8ClF2N/c1-5-2-7(8(10)11)6(3-9)4-12-5/h2,4,8H,3H2,1H3. The van der Waals surface area contributed by atoms with Crippen LogP contribution in [0.3, 0.4) is 0 Å². The summed E-state index contributed by atoms with van der Waals surface area (Å²) in [7, 11) is 0. The molecule has 1 aromatic rings. The van der Waals surface area contributed by atoms with E-state index in [1.807, 2.05) is 0 Å². The molecule has 1 nitrogen and oxygen atoms in total. The lowest BCUT2D eigenvalue weighted by molar-refractivity contribution is 0.150. The largest absolute Gasteiger partial charge is 0.264 e. The molecule has 0 spiro atoms. The zero-order valence-corrected chi connectivity index (χ0v) is 7.28. The van der Waals surface area contributed by atoms with Gasteiger partial charge in [-0.1, -0.05) is 0 Å². The molecule has 0 aliphatic heterocycles. The predicted molar refractivity (Wildman–Crippen MR) is 43.5 cm³/mol. The second-order valence-electron chi connectivity index (χ2n) is 2.46. The number of pyridine rings is 1. The van der Waals surface area contributed by atoms with Crippen molar-refractivity contribution in [2.75, 3.05) is 0 Å². The molecule has 0 saturated heterocycles. The number of rotatable bonds is 2. The summed E-state index contributed by atoms with van der Waals surface area (Å²) < 4.78 is 24.6. The summed E-state index contributed by atoms with van der Waals surface area (Å²) in [6.45, 7) is 1.67. The Labute approximate surface area is 74.4 Å². The summed E-state index contributed by atoms with van der Waals surface area (Å²) in [5, 5.41) is 0. The van der Waals surface area contributed by atoms with Crippen molar-refractivity contribution in [2.45, 2.75) is 19.2 Å². The highest BCUT2D eigenvalue weighted by atomic mass is 35.5. The molecule has 0 N–H and O–H groups in total. The van der Waals surface area contributed by atoms with Crippen molar-refractivity contribution in [3.63, 3.8) is 0 Å². The van der Waals surface area contributed by atoms with Gasteiger partial charge in [-0.2, -0.15) is 0 Å². The van der Waals surface area contributed by atoms with Crippen molar-refractivity contribution in [1.82, 2.24) is 4.98 Å². The van der Waals surface area contributed by atoms with E-state index in [0.29, 0.717) is 11.3 Å². The molecule has 0 bridgehead atoms. The van der Waals surface area contributed by atoms with Crippen molar-refractivity contribution in [3.8, 4) is 0 Å².